The molecule has 0 N–H and O–H groups in total. The van der Waals surface area contributed by atoms with Gasteiger partial charge in [0.25, 0.3) is 0 Å². The number of likely N-dealkylation sites (tertiary alicyclic amines) is 1. The summed E-state index contributed by atoms with van der Waals surface area (Å²) >= 11 is 0. The molecule has 0 bridgehead atoms. The third-order valence-electron chi connectivity index (χ3n) is 3.79. The summed E-state index contributed by atoms with van der Waals surface area (Å²) in [6.07, 6.45) is -2.95. The molecule has 2 unspecified atom stereocenters. The molecule has 0 spiro atoms. The van der Waals surface area contributed by atoms with Crippen LogP contribution in [0.25, 0.3) is 0 Å². The first-order valence-corrected chi connectivity index (χ1v) is 7.38. The van der Waals surface area contributed by atoms with Gasteiger partial charge in [0.1, 0.15) is 0 Å². The van der Waals surface area contributed by atoms with Crippen molar-refractivity contribution in [2.24, 2.45) is 5.92 Å². The molecule has 0 aromatic carbocycles. The normalized spacial score (nSPS) is 21.3. The standard InChI is InChI=1S/C15H25F3N2O/c1-5-20(14(21)12(4)8-11(2)3)13-6-7-19(9-13)10-15(16,17)18/h12-13H,2,5-10H2,1,3-4H3. The third kappa shape index (κ3) is 5.69. The summed E-state index contributed by atoms with van der Waals surface area (Å²) in [4.78, 5) is 15.5. The lowest BCUT2D eigenvalue weighted by Crippen LogP contribution is -2.45. The summed E-state index contributed by atoms with van der Waals surface area (Å²) in [6.45, 7) is 9.74. The fraction of sp³-hybridized carbons (Fsp3) is 0.800. The maximum Gasteiger partial charge on any atom is 0.401 e. The number of alkyl halides is 3. The van der Waals surface area contributed by atoms with Crippen LogP contribution in [0.2, 0.25) is 0 Å². The Balaban J connectivity index is 2.61. The van der Waals surface area contributed by atoms with E-state index in [2.05, 4.69) is 6.58 Å². The van der Waals surface area contributed by atoms with Crippen LogP contribution in [0.3, 0.4) is 0 Å². The number of amides is 1. The molecule has 0 saturated carbocycles. The van der Waals surface area contributed by atoms with Gasteiger partial charge in [-0.1, -0.05) is 12.5 Å². The zero-order chi connectivity index (χ0) is 16.2. The molecule has 6 heteroatoms. The number of carbonyl (C=O) groups excluding carboxylic acids is 1. The molecule has 1 aliphatic heterocycles. The Labute approximate surface area is 124 Å². The van der Waals surface area contributed by atoms with E-state index in [1.165, 1.54) is 4.90 Å². The monoisotopic (exact) mass is 306 g/mol. The number of allylic oxidation sites excluding steroid dienone is 1. The van der Waals surface area contributed by atoms with Crippen molar-refractivity contribution in [3.63, 3.8) is 0 Å². The number of carbonyl (C=O) groups is 1. The van der Waals surface area contributed by atoms with E-state index in [1.807, 2.05) is 20.8 Å². The SMILES string of the molecule is C=C(C)CC(C)C(=O)N(CC)C1CCN(CC(F)(F)F)C1. The van der Waals surface area contributed by atoms with Crippen molar-refractivity contribution in [2.45, 2.75) is 45.8 Å². The van der Waals surface area contributed by atoms with Gasteiger partial charge >= 0.3 is 6.18 Å². The lowest BCUT2D eigenvalue weighted by Gasteiger charge is -2.30. The molecule has 0 radical (unpaired) electrons. The van der Waals surface area contributed by atoms with Crippen LogP contribution in [0, 0.1) is 5.92 Å². The van der Waals surface area contributed by atoms with Crippen molar-refractivity contribution in [1.29, 1.82) is 0 Å². The van der Waals surface area contributed by atoms with Gasteiger partial charge in [-0.15, -0.1) is 6.58 Å². The highest BCUT2D eigenvalue weighted by Gasteiger charge is 2.37. The summed E-state index contributed by atoms with van der Waals surface area (Å²) in [5.74, 6) is -0.154. The van der Waals surface area contributed by atoms with E-state index in [0.717, 1.165) is 5.57 Å². The second kappa shape index (κ2) is 7.29. The van der Waals surface area contributed by atoms with Crippen LogP contribution < -0.4 is 0 Å². The molecule has 0 aromatic heterocycles. The van der Waals surface area contributed by atoms with Crippen LogP contribution in [-0.4, -0.2) is 54.1 Å². The van der Waals surface area contributed by atoms with Crippen LogP contribution in [0.15, 0.2) is 12.2 Å². The summed E-state index contributed by atoms with van der Waals surface area (Å²) < 4.78 is 37.2. The maximum absolute atomic E-state index is 12.4. The van der Waals surface area contributed by atoms with Crippen molar-refractivity contribution in [3.8, 4) is 0 Å². The highest BCUT2D eigenvalue weighted by molar-refractivity contribution is 5.79. The fourth-order valence-corrected chi connectivity index (χ4v) is 2.95. The van der Waals surface area contributed by atoms with Gasteiger partial charge in [-0.3, -0.25) is 9.69 Å². The Hall–Kier alpha value is -1.04. The fourth-order valence-electron chi connectivity index (χ4n) is 2.95. The first kappa shape index (κ1) is 18.0. The molecular weight excluding hydrogens is 281 g/mol. The van der Waals surface area contributed by atoms with Crippen molar-refractivity contribution < 1.29 is 18.0 Å². The molecule has 21 heavy (non-hydrogen) atoms. The highest BCUT2D eigenvalue weighted by atomic mass is 19.4. The molecule has 1 fully saturated rings. The predicted molar refractivity (Wildman–Crippen MR) is 76.9 cm³/mol. The summed E-state index contributed by atoms with van der Waals surface area (Å²) in [6, 6.07) is -0.113. The zero-order valence-electron chi connectivity index (χ0n) is 13.0. The topological polar surface area (TPSA) is 23.6 Å². The van der Waals surface area contributed by atoms with Gasteiger partial charge in [0.05, 0.1) is 6.54 Å². The van der Waals surface area contributed by atoms with Crippen LogP contribution >= 0.6 is 0 Å². The van der Waals surface area contributed by atoms with Gasteiger partial charge in [0.15, 0.2) is 0 Å². The Morgan fingerprint density at radius 2 is 2.10 bits per heavy atom. The number of hydrogen-bond acceptors (Lipinski definition) is 2. The molecule has 3 nitrogen and oxygen atoms in total. The zero-order valence-corrected chi connectivity index (χ0v) is 13.0. The molecule has 1 saturated heterocycles. The molecule has 122 valence electrons. The van der Waals surface area contributed by atoms with E-state index in [1.54, 1.807) is 4.90 Å². The molecular formula is C15H25F3N2O. The lowest BCUT2D eigenvalue weighted by atomic mass is 10.0. The molecule has 1 amide bonds. The second-order valence-electron chi connectivity index (χ2n) is 5.98. The maximum atomic E-state index is 12.4. The average molecular weight is 306 g/mol. The Morgan fingerprint density at radius 3 is 2.57 bits per heavy atom. The van der Waals surface area contributed by atoms with Crippen molar-refractivity contribution in [3.05, 3.63) is 12.2 Å². The Kier molecular flexibility index (Phi) is 6.25. The van der Waals surface area contributed by atoms with Gasteiger partial charge in [0, 0.05) is 31.6 Å². The number of hydrogen-bond donors (Lipinski definition) is 0. The van der Waals surface area contributed by atoms with E-state index in [-0.39, 0.29) is 17.9 Å². The Bertz CT molecular complexity index is 382. The van der Waals surface area contributed by atoms with Crippen LogP contribution in [-0.2, 0) is 4.79 Å². The smallest absolute Gasteiger partial charge is 0.338 e. The van der Waals surface area contributed by atoms with Gasteiger partial charge in [-0.05, 0) is 26.7 Å². The Morgan fingerprint density at radius 1 is 1.48 bits per heavy atom. The summed E-state index contributed by atoms with van der Waals surface area (Å²) in [5, 5.41) is 0. The van der Waals surface area contributed by atoms with E-state index in [4.69, 9.17) is 0 Å². The third-order valence-corrected chi connectivity index (χ3v) is 3.79. The van der Waals surface area contributed by atoms with Gasteiger partial charge in [-0.25, -0.2) is 0 Å². The van der Waals surface area contributed by atoms with Gasteiger partial charge in [0.2, 0.25) is 5.91 Å². The van der Waals surface area contributed by atoms with Gasteiger partial charge in [-0.2, -0.15) is 13.2 Å². The van der Waals surface area contributed by atoms with E-state index in [0.29, 0.717) is 32.5 Å². The molecule has 1 rings (SSSR count). The summed E-state index contributed by atoms with van der Waals surface area (Å²) in [5.41, 5.74) is 0.942. The molecule has 1 heterocycles. The predicted octanol–water partition coefficient (Wildman–Crippen LogP) is 3.07. The number of halogens is 3. The van der Waals surface area contributed by atoms with E-state index in [9.17, 15) is 18.0 Å². The minimum atomic E-state index is -4.18. The lowest BCUT2D eigenvalue weighted by molar-refractivity contribution is -0.144. The van der Waals surface area contributed by atoms with Crippen LogP contribution in [0.1, 0.15) is 33.6 Å². The number of likely N-dealkylation sites (N-methyl/N-ethyl adjacent to an activating group) is 1. The molecule has 0 aliphatic carbocycles. The molecule has 1 aliphatic rings. The quantitative estimate of drug-likeness (QED) is 0.704. The highest BCUT2D eigenvalue weighted by Crippen LogP contribution is 2.24. The minimum Gasteiger partial charge on any atom is -0.338 e. The largest absolute Gasteiger partial charge is 0.401 e. The molecule has 0 aromatic rings. The van der Waals surface area contributed by atoms with Crippen molar-refractivity contribution in [1.82, 2.24) is 9.80 Å². The van der Waals surface area contributed by atoms with Crippen molar-refractivity contribution >= 4 is 5.91 Å². The average Bonchev–Trinajstić information content (AvgIpc) is 2.74. The van der Waals surface area contributed by atoms with Crippen LogP contribution in [0.5, 0.6) is 0 Å². The molecule has 2 atom stereocenters. The summed E-state index contributed by atoms with van der Waals surface area (Å²) in [7, 11) is 0. The van der Waals surface area contributed by atoms with Gasteiger partial charge < -0.3 is 4.90 Å². The number of nitrogens with zero attached hydrogens (tertiary/aromatic N) is 2. The van der Waals surface area contributed by atoms with Crippen LogP contribution in [0.4, 0.5) is 13.2 Å². The second-order valence-corrected chi connectivity index (χ2v) is 5.98. The van der Waals surface area contributed by atoms with E-state index >= 15 is 0 Å². The number of rotatable bonds is 6. The first-order chi connectivity index (χ1) is 9.64. The van der Waals surface area contributed by atoms with E-state index < -0.39 is 12.7 Å². The minimum absolute atomic E-state index is 0.0133. The first-order valence-electron chi connectivity index (χ1n) is 7.38. The van der Waals surface area contributed by atoms with Crippen molar-refractivity contribution in [2.75, 3.05) is 26.2 Å².